The number of alkyl halides is 3. The van der Waals surface area contributed by atoms with Crippen LogP contribution in [0.15, 0.2) is 41.6 Å². The largest absolute Gasteiger partial charge is 0.425 e. The van der Waals surface area contributed by atoms with Crippen LogP contribution >= 0.6 is 0 Å². The number of amides is 2. The second-order valence-electron chi connectivity index (χ2n) is 7.87. The van der Waals surface area contributed by atoms with Crippen molar-refractivity contribution < 1.29 is 27.6 Å². The van der Waals surface area contributed by atoms with Crippen molar-refractivity contribution in [3.05, 3.63) is 47.2 Å². The molecule has 8 heteroatoms. The van der Waals surface area contributed by atoms with Crippen LogP contribution in [0.25, 0.3) is 0 Å². The number of halogens is 3. The highest BCUT2D eigenvalue weighted by Gasteiger charge is 2.70. The molecule has 1 heterocycles. The maximum atomic E-state index is 14.4. The van der Waals surface area contributed by atoms with E-state index in [2.05, 4.69) is 0 Å². The van der Waals surface area contributed by atoms with Crippen LogP contribution < -0.4 is 5.32 Å². The SMILES string of the molecule is CC(C)CC(=O)N[C@]1(C(F)(F)F)C(=O)N(Cc2ccccc2)C2=C1C(=O)CCC2. The molecule has 0 fully saturated rings. The van der Waals surface area contributed by atoms with Gasteiger partial charge in [-0.1, -0.05) is 44.2 Å². The van der Waals surface area contributed by atoms with Gasteiger partial charge in [-0.15, -0.1) is 0 Å². The third-order valence-corrected chi connectivity index (χ3v) is 5.18. The van der Waals surface area contributed by atoms with E-state index in [9.17, 15) is 27.6 Å². The van der Waals surface area contributed by atoms with Gasteiger partial charge in [-0.3, -0.25) is 14.4 Å². The average molecular weight is 408 g/mol. The third kappa shape index (κ3) is 3.68. The van der Waals surface area contributed by atoms with Crippen molar-refractivity contribution in [2.75, 3.05) is 0 Å². The molecule has 1 N–H and O–H groups in total. The molecule has 1 aliphatic heterocycles. The summed E-state index contributed by atoms with van der Waals surface area (Å²) >= 11 is 0. The minimum absolute atomic E-state index is 0.0669. The summed E-state index contributed by atoms with van der Waals surface area (Å²) < 4.78 is 43.1. The van der Waals surface area contributed by atoms with Crippen molar-refractivity contribution in [3.8, 4) is 0 Å². The zero-order valence-corrected chi connectivity index (χ0v) is 16.3. The van der Waals surface area contributed by atoms with Gasteiger partial charge in [0.25, 0.3) is 5.91 Å². The molecule has 0 radical (unpaired) electrons. The Morgan fingerprint density at radius 2 is 1.83 bits per heavy atom. The molecule has 1 aromatic rings. The Bertz CT molecular complexity index is 862. The summed E-state index contributed by atoms with van der Waals surface area (Å²) in [7, 11) is 0. The van der Waals surface area contributed by atoms with Crippen LogP contribution in [-0.4, -0.2) is 34.2 Å². The lowest BCUT2D eigenvalue weighted by molar-refractivity contribution is -0.194. The van der Waals surface area contributed by atoms with Gasteiger partial charge in [-0.25, -0.2) is 0 Å². The molecule has 0 saturated heterocycles. The van der Waals surface area contributed by atoms with E-state index < -0.39 is 34.9 Å². The van der Waals surface area contributed by atoms with E-state index >= 15 is 0 Å². The van der Waals surface area contributed by atoms with E-state index in [4.69, 9.17) is 0 Å². The summed E-state index contributed by atoms with van der Waals surface area (Å²) in [5.41, 5.74) is -3.23. The van der Waals surface area contributed by atoms with Crippen LogP contribution in [0.5, 0.6) is 0 Å². The van der Waals surface area contributed by atoms with Gasteiger partial charge < -0.3 is 10.2 Å². The van der Waals surface area contributed by atoms with Crippen molar-refractivity contribution in [3.63, 3.8) is 0 Å². The van der Waals surface area contributed by atoms with Crippen molar-refractivity contribution >= 4 is 17.6 Å². The summed E-state index contributed by atoms with van der Waals surface area (Å²) in [6.07, 6.45) is -4.86. The molecular formula is C21H23F3N2O3. The minimum atomic E-state index is -5.14. The Kier molecular flexibility index (Phi) is 5.56. The highest BCUT2D eigenvalue weighted by Crippen LogP contribution is 2.48. The third-order valence-electron chi connectivity index (χ3n) is 5.18. The minimum Gasteiger partial charge on any atom is -0.330 e. The molecular weight excluding hydrogens is 385 g/mol. The van der Waals surface area contributed by atoms with Gasteiger partial charge in [0.2, 0.25) is 11.4 Å². The standard InChI is InChI=1S/C21H23F3N2O3/c1-13(2)11-17(28)25-20(21(22,23)24)18-15(9-6-10-16(18)27)26(19(20)29)12-14-7-4-3-5-8-14/h3-5,7-8,13H,6,9-12H2,1-2H3,(H,25,28)/t20-/m0/s1. The van der Waals surface area contributed by atoms with Gasteiger partial charge in [-0.05, 0) is 24.3 Å². The Hall–Kier alpha value is -2.64. The van der Waals surface area contributed by atoms with Crippen molar-refractivity contribution in [2.45, 2.75) is 57.8 Å². The number of hydrogen-bond donors (Lipinski definition) is 1. The molecule has 3 rings (SSSR count). The topological polar surface area (TPSA) is 66.5 Å². The van der Waals surface area contributed by atoms with Gasteiger partial charge in [0, 0.05) is 18.5 Å². The predicted octanol–water partition coefficient (Wildman–Crippen LogP) is 3.50. The molecule has 5 nitrogen and oxygen atoms in total. The van der Waals surface area contributed by atoms with E-state index in [1.54, 1.807) is 44.2 Å². The van der Waals surface area contributed by atoms with Crippen LogP contribution in [0.2, 0.25) is 0 Å². The number of benzene rings is 1. The number of ketones is 1. The fourth-order valence-electron chi connectivity index (χ4n) is 3.97. The predicted molar refractivity (Wildman–Crippen MR) is 99.3 cm³/mol. The van der Waals surface area contributed by atoms with Crippen LogP contribution in [0.1, 0.15) is 45.1 Å². The summed E-state index contributed by atoms with van der Waals surface area (Å²) in [5, 5.41) is 1.92. The van der Waals surface area contributed by atoms with Crippen molar-refractivity contribution in [2.24, 2.45) is 5.92 Å². The lowest BCUT2D eigenvalue weighted by atomic mass is 9.82. The number of rotatable bonds is 5. The lowest BCUT2D eigenvalue weighted by Gasteiger charge is -2.33. The first-order valence-electron chi connectivity index (χ1n) is 9.58. The average Bonchev–Trinajstić information content (AvgIpc) is 2.86. The molecule has 0 unspecified atom stereocenters. The Balaban J connectivity index is 2.11. The highest BCUT2D eigenvalue weighted by atomic mass is 19.4. The molecule has 156 valence electrons. The molecule has 0 saturated carbocycles. The number of Topliss-reactive ketones (excluding diaryl/α,β-unsaturated/α-hetero) is 1. The first-order chi connectivity index (χ1) is 13.6. The van der Waals surface area contributed by atoms with E-state index in [-0.39, 0.29) is 37.4 Å². The smallest absolute Gasteiger partial charge is 0.330 e. The monoisotopic (exact) mass is 408 g/mol. The number of nitrogens with one attached hydrogen (secondary N) is 1. The Morgan fingerprint density at radius 3 is 2.41 bits per heavy atom. The quantitative estimate of drug-likeness (QED) is 0.811. The molecule has 1 atom stereocenters. The fourth-order valence-corrected chi connectivity index (χ4v) is 3.97. The molecule has 0 aromatic heterocycles. The zero-order chi connectivity index (χ0) is 21.4. The lowest BCUT2D eigenvalue weighted by Crippen LogP contribution is -2.66. The first kappa shape index (κ1) is 21.1. The van der Waals surface area contributed by atoms with Crippen molar-refractivity contribution in [1.82, 2.24) is 10.2 Å². The van der Waals surface area contributed by atoms with Crippen LogP contribution in [-0.2, 0) is 20.9 Å². The maximum absolute atomic E-state index is 14.4. The van der Waals surface area contributed by atoms with Gasteiger partial charge in [0.05, 0.1) is 12.1 Å². The maximum Gasteiger partial charge on any atom is 0.425 e. The summed E-state index contributed by atoms with van der Waals surface area (Å²) in [6, 6.07) is 8.60. The molecule has 29 heavy (non-hydrogen) atoms. The van der Waals surface area contributed by atoms with Gasteiger partial charge >= 0.3 is 6.18 Å². The number of allylic oxidation sites excluding steroid dienone is 1. The molecule has 2 aliphatic rings. The highest BCUT2D eigenvalue weighted by molar-refractivity contribution is 6.13. The Labute approximate surface area is 166 Å². The molecule has 1 aromatic carbocycles. The van der Waals surface area contributed by atoms with Crippen molar-refractivity contribution in [1.29, 1.82) is 0 Å². The van der Waals surface area contributed by atoms with E-state index in [1.807, 2.05) is 5.32 Å². The molecule has 0 spiro atoms. The van der Waals surface area contributed by atoms with Gasteiger partial charge in [0.15, 0.2) is 5.78 Å². The van der Waals surface area contributed by atoms with Crippen LogP contribution in [0, 0.1) is 5.92 Å². The normalized spacial score (nSPS) is 22.3. The first-order valence-corrected chi connectivity index (χ1v) is 9.58. The van der Waals surface area contributed by atoms with E-state index in [0.29, 0.717) is 12.0 Å². The Morgan fingerprint density at radius 1 is 1.17 bits per heavy atom. The summed E-state index contributed by atoms with van der Waals surface area (Å²) in [6.45, 7) is 3.28. The number of nitrogens with zero attached hydrogens (tertiary/aromatic N) is 1. The van der Waals surface area contributed by atoms with Gasteiger partial charge in [-0.2, -0.15) is 13.2 Å². The molecule has 2 amide bonds. The number of hydrogen-bond acceptors (Lipinski definition) is 3. The van der Waals surface area contributed by atoms with E-state index in [0.717, 1.165) is 4.90 Å². The fraction of sp³-hybridized carbons (Fsp3) is 0.476. The zero-order valence-electron chi connectivity index (χ0n) is 16.3. The molecule has 0 bridgehead atoms. The second kappa shape index (κ2) is 7.65. The van der Waals surface area contributed by atoms with Gasteiger partial charge in [0.1, 0.15) is 0 Å². The van der Waals surface area contributed by atoms with E-state index in [1.165, 1.54) is 0 Å². The molecule has 1 aliphatic carbocycles. The van der Waals surface area contributed by atoms with Crippen LogP contribution in [0.3, 0.4) is 0 Å². The summed E-state index contributed by atoms with van der Waals surface area (Å²) in [4.78, 5) is 39.2. The number of carbonyl (C=O) groups excluding carboxylic acids is 3. The summed E-state index contributed by atoms with van der Waals surface area (Å²) in [5.74, 6) is -3.16. The van der Waals surface area contributed by atoms with Crippen LogP contribution in [0.4, 0.5) is 13.2 Å². The second-order valence-corrected chi connectivity index (χ2v) is 7.87. The number of carbonyl (C=O) groups is 3.